The highest BCUT2D eigenvalue weighted by atomic mass is 16.5. The minimum Gasteiger partial charge on any atom is -0.493 e. The van der Waals surface area contributed by atoms with Crippen LogP contribution in [0.1, 0.15) is 15.9 Å². The number of nitrogens with one attached hydrogen (secondary N) is 1. The minimum atomic E-state index is -0.603. The fraction of sp³-hybridized carbons (Fsp3) is 0.208. The molecule has 0 saturated carbocycles. The van der Waals surface area contributed by atoms with Crippen molar-refractivity contribution < 1.29 is 23.8 Å². The molecule has 1 heterocycles. The number of nitrogens with zero attached hydrogens (tertiary/aromatic N) is 1. The van der Waals surface area contributed by atoms with Crippen LogP contribution >= 0.6 is 0 Å². The van der Waals surface area contributed by atoms with E-state index in [9.17, 15) is 9.59 Å². The molecule has 166 valence electrons. The Hall–Kier alpha value is -4.07. The van der Waals surface area contributed by atoms with Crippen LogP contribution in [0.2, 0.25) is 0 Å². The van der Waals surface area contributed by atoms with Crippen molar-refractivity contribution in [3.8, 4) is 28.6 Å². The van der Waals surface area contributed by atoms with Gasteiger partial charge >= 0.3 is 0 Å². The molecule has 0 saturated heterocycles. The smallest absolute Gasteiger partial charge is 0.251 e. The summed E-state index contributed by atoms with van der Waals surface area (Å²) in [6.45, 7) is 0.214. The van der Waals surface area contributed by atoms with Gasteiger partial charge in [-0.3, -0.25) is 9.59 Å². The third-order valence-electron chi connectivity index (χ3n) is 4.66. The first-order chi connectivity index (χ1) is 15.5. The number of pyridine rings is 1. The molecule has 3 N–H and O–H groups in total. The zero-order chi connectivity index (χ0) is 22.9. The van der Waals surface area contributed by atoms with Crippen LogP contribution in [0.3, 0.4) is 0 Å². The Bertz CT molecular complexity index is 1100. The molecule has 0 bridgehead atoms. The Balaban J connectivity index is 1.65. The van der Waals surface area contributed by atoms with Crippen LogP contribution in [0.5, 0.6) is 17.4 Å². The molecule has 32 heavy (non-hydrogen) atoms. The summed E-state index contributed by atoms with van der Waals surface area (Å²) in [5.41, 5.74) is 7.95. The maximum atomic E-state index is 12.2. The highest BCUT2D eigenvalue weighted by molar-refractivity contribution is 5.97. The lowest BCUT2D eigenvalue weighted by Crippen LogP contribution is -2.33. The highest BCUT2D eigenvalue weighted by Gasteiger charge is 2.10. The van der Waals surface area contributed by atoms with Gasteiger partial charge < -0.3 is 25.3 Å². The SMILES string of the molecule is COc1ccc(CCOc2cccc(-c3cccc(C(=O)NCC(N)=O)c3)n2)cc1OC. The fourth-order valence-corrected chi connectivity index (χ4v) is 3.05. The quantitative estimate of drug-likeness (QED) is 0.506. The van der Waals surface area contributed by atoms with E-state index in [4.69, 9.17) is 19.9 Å². The molecule has 0 aliphatic carbocycles. The van der Waals surface area contributed by atoms with Gasteiger partial charge in [0.1, 0.15) is 0 Å². The van der Waals surface area contributed by atoms with Crippen molar-refractivity contribution in [3.05, 3.63) is 71.8 Å². The van der Waals surface area contributed by atoms with Crippen LogP contribution in [-0.2, 0) is 11.2 Å². The molecule has 0 aliphatic heterocycles. The lowest BCUT2D eigenvalue weighted by molar-refractivity contribution is -0.117. The van der Waals surface area contributed by atoms with Gasteiger partial charge in [0.2, 0.25) is 11.8 Å². The Kier molecular flexibility index (Phi) is 7.64. The number of carbonyl (C=O) groups excluding carboxylic acids is 2. The van der Waals surface area contributed by atoms with Crippen LogP contribution in [0.25, 0.3) is 11.3 Å². The molecular weight excluding hydrogens is 410 g/mol. The van der Waals surface area contributed by atoms with Gasteiger partial charge in [0.15, 0.2) is 11.5 Å². The second kappa shape index (κ2) is 10.8. The van der Waals surface area contributed by atoms with E-state index in [1.165, 1.54) is 0 Å². The second-order valence-corrected chi connectivity index (χ2v) is 6.88. The zero-order valence-electron chi connectivity index (χ0n) is 18.0. The van der Waals surface area contributed by atoms with Gasteiger partial charge in [-0.25, -0.2) is 4.98 Å². The molecule has 0 spiro atoms. The Morgan fingerprint density at radius 1 is 0.969 bits per heavy atom. The predicted molar refractivity (Wildman–Crippen MR) is 120 cm³/mol. The summed E-state index contributed by atoms with van der Waals surface area (Å²) in [6, 6.07) is 18.2. The summed E-state index contributed by atoms with van der Waals surface area (Å²) in [5.74, 6) is 0.843. The van der Waals surface area contributed by atoms with Crippen molar-refractivity contribution >= 4 is 11.8 Å². The molecule has 2 amide bonds. The Morgan fingerprint density at radius 3 is 2.50 bits per heavy atom. The van der Waals surface area contributed by atoms with Crippen molar-refractivity contribution in [1.29, 1.82) is 0 Å². The largest absolute Gasteiger partial charge is 0.493 e. The van der Waals surface area contributed by atoms with Crippen molar-refractivity contribution in [2.24, 2.45) is 5.73 Å². The van der Waals surface area contributed by atoms with Gasteiger partial charge in [0.25, 0.3) is 5.91 Å². The van der Waals surface area contributed by atoms with Gasteiger partial charge in [-0.2, -0.15) is 0 Å². The third-order valence-corrected chi connectivity index (χ3v) is 4.66. The maximum absolute atomic E-state index is 12.2. The van der Waals surface area contributed by atoms with Crippen LogP contribution in [0.4, 0.5) is 0 Å². The number of rotatable bonds is 10. The number of benzene rings is 2. The van der Waals surface area contributed by atoms with E-state index >= 15 is 0 Å². The number of amides is 2. The first kappa shape index (κ1) is 22.6. The summed E-state index contributed by atoms with van der Waals surface area (Å²) in [5, 5.41) is 2.47. The van der Waals surface area contributed by atoms with Gasteiger partial charge in [-0.15, -0.1) is 0 Å². The normalized spacial score (nSPS) is 10.3. The van der Waals surface area contributed by atoms with Crippen LogP contribution in [-0.4, -0.2) is 44.2 Å². The molecule has 0 aliphatic rings. The number of aromatic nitrogens is 1. The number of carbonyl (C=O) groups is 2. The first-order valence-electron chi connectivity index (χ1n) is 9.98. The number of primary amides is 1. The Labute approximate surface area is 186 Å². The molecule has 8 heteroatoms. The summed E-state index contributed by atoms with van der Waals surface area (Å²) < 4.78 is 16.4. The summed E-state index contributed by atoms with van der Waals surface area (Å²) in [7, 11) is 3.20. The molecule has 3 rings (SSSR count). The minimum absolute atomic E-state index is 0.218. The van der Waals surface area contributed by atoms with E-state index in [1.54, 1.807) is 38.5 Å². The van der Waals surface area contributed by atoms with E-state index in [0.29, 0.717) is 41.7 Å². The van der Waals surface area contributed by atoms with Crippen molar-refractivity contribution in [2.45, 2.75) is 6.42 Å². The van der Waals surface area contributed by atoms with Gasteiger partial charge in [-0.1, -0.05) is 24.3 Å². The lowest BCUT2D eigenvalue weighted by Gasteiger charge is -2.11. The van der Waals surface area contributed by atoms with E-state index in [2.05, 4.69) is 10.3 Å². The first-order valence-corrected chi connectivity index (χ1v) is 9.98. The fourth-order valence-electron chi connectivity index (χ4n) is 3.05. The molecule has 0 fully saturated rings. The van der Waals surface area contributed by atoms with Gasteiger partial charge in [-0.05, 0) is 35.9 Å². The van der Waals surface area contributed by atoms with Crippen LogP contribution in [0, 0.1) is 0 Å². The van der Waals surface area contributed by atoms with Crippen molar-refractivity contribution in [2.75, 3.05) is 27.4 Å². The van der Waals surface area contributed by atoms with Gasteiger partial charge in [0.05, 0.1) is 33.1 Å². The van der Waals surface area contributed by atoms with Crippen molar-refractivity contribution in [3.63, 3.8) is 0 Å². The third kappa shape index (κ3) is 5.98. The molecule has 8 nitrogen and oxygen atoms in total. The number of hydrogen-bond donors (Lipinski definition) is 2. The summed E-state index contributed by atoms with van der Waals surface area (Å²) in [4.78, 5) is 27.6. The number of methoxy groups -OCH3 is 2. The van der Waals surface area contributed by atoms with E-state index < -0.39 is 5.91 Å². The van der Waals surface area contributed by atoms with E-state index in [-0.39, 0.29) is 12.5 Å². The number of ether oxygens (including phenoxy) is 3. The molecule has 3 aromatic rings. The average molecular weight is 435 g/mol. The topological polar surface area (TPSA) is 113 Å². The average Bonchev–Trinajstić information content (AvgIpc) is 2.82. The van der Waals surface area contributed by atoms with E-state index in [1.807, 2.05) is 36.4 Å². The zero-order valence-corrected chi connectivity index (χ0v) is 18.0. The lowest BCUT2D eigenvalue weighted by atomic mass is 10.1. The molecular formula is C24H25N3O5. The highest BCUT2D eigenvalue weighted by Crippen LogP contribution is 2.28. The monoisotopic (exact) mass is 435 g/mol. The van der Waals surface area contributed by atoms with Crippen LogP contribution < -0.4 is 25.3 Å². The molecule has 0 atom stereocenters. The van der Waals surface area contributed by atoms with Gasteiger partial charge in [0, 0.05) is 23.6 Å². The predicted octanol–water partition coefficient (Wildman–Crippen LogP) is 2.60. The molecule has 2 aromatic carbocycles. The molecule has 1 aromatic heterocycles. The number of hydrogen-bond acceptors (Lipinski definition) is 6. The second-order valence-electron chi connectivity index (χ2n) is 6.88. The maximum Gasteiger partial charge on any atom is 0.251 e. The standard InChI is InChI=1S/C24H25N3O5/c1-30-20-10-9-16(13-21(20)31-2)11-12-32-23-8-4-7-19(27-23)17-5-3-6-18(14-17)24(29)26-15-22(25)28/h3-10,13-14H,11-12,15H2,1-2H3,(H2,25,28)(H,26,29). The summed E-state index contributed by atoms with van der Waals surface area (Å²) in [6.07, 6.45) is 0.668. The van der Waals surface area contributed by atoms with Crippen molar-refractivity contribution in [1.82, 2.24) is 10.3 Å². The van der Waals surface area contributed by atoms with E-state index in [0.717, 1.165) is 11.1 Å². The summed E-state index contributed by atoms with van der Waals surface area (Å²) >= 11 is 0. The Morgan fingerprint density at radius 2 is 1.75 bits per heavy atom. The molecule has 0 unspecified atom stereocenters. The van der Waals surface area contributed by atoms with Crippen LogP contribution in [0.15, 0.2) is 60.7 Å². The molecule has 0 radical (unpaired) electrons. The number of nitrogens with two attached hydrogens (primary N) is 1.